The zero-order valence-corrected chi connectivity index (χ0v) is 10.2. The van der Waals surface area contributed by atoms with Crippen molar-refractivity contribution < 1.29 is 9.90 Å². The van der Waals surface area contributed by atoms with E-state index in [0.717, 1.165) is 30.9 Å². The van der Waals surface area contributed by atoms with Crippen LogP contribution in [0.5, 0.6) is 0 Å². The van der Waals surface area contributed by atoms with E-state index < -0.39 is 12.0 Å². The molecule has 1 aliphatic rings. The lowest BCUT2D eigenvalue weighted by atomic mass is 10.2. The molecule has 1 aliphatic heterocycles. The Morgan fingerprint density at radius 3 is 3.11 bits per heavy atom. The minimum atomic E-state index is -0.912. The van der Waals surface area contributed by atoms with Gasteiger partial charge in [0.25, 0.3) is 0 Å². The Morgan fingerprint density at radius 1 is 1.61 bits per heavy atom. The van der Waals surface area contributed by atoms with Gasteiger partial charge in [0.2, 0.25) is 0 Å². The second kappa shape index (κ2) is 5.48. The lowest BCUT2D eigenvalue weighted by molar-refractivity contribution is -0.137. The monoisotopic (exact) mass is 248 g/mol. The molecule has 0 bridgehead atoms. The minimum Gasteiger partial charge on any atom is -0.480 e. The maximum Gasteiger partial charge on any atom is 0.325 e. The number of aliphatic carboxylic acids is 1. The number of rotatable bonds is 4. The largest absolute Gasteiger partial charge is 0.480 e. The normalized spacial score (nSPS) is 16.4. The maximum absolute atomic E-state index is 10.9. The number of hydrogen-bond donors (Lipinski definition) is 3. The summed E-state index contributed by atoms with van der Waals surface area (Å²) in [7, 11) is 0. The third-order valence-corrected chi connectivity index (χ3v) is 2.68. The highest BCUT2D eigenvalue weighted by atomic mass is 16.4. The summed E-state index contributed by atoms with van der Waals surface area (Å²) >= 11 is 0. The second-order valence-corrected chi connectivity index (χ2v) is 4.11. The van der Waals surface area contributed by atoms with Crippen LogP contribution in [0.3, 0.4) is 0 Å². The van der Waals surface area contributed by atoms with E-state index in [2.05, 4.69) is 20.6 Å². The lowest BCUT2D eigenvalue weighted by Crippen LogP contribution is -2.32. The number of hydrogen-bond acceptors (Lipinski definition) is 5. The van der Waals surface area contributed by atoms with Gasteiger partial charge in [-0.1, -0.05) is 0 Å². The number of aromatic nitrogens is 1. The third-order valence-electron chi connectivity index (χ3n) is 2.68. The number of carboxylic acids is 1. The van der Waals surface area contributed by atoms with Gasteiger partial charge >= 0.3 is 5.97 Å². The molecule has 0 saturated carbocycles. The fraction of sp³-hybridized carbons (Fsp3) is 0.417. The molecule has 6 heteroatoms. The molecule has 0 saturated heterocycles. The predicted octanol–water partition coefficient (Wildman–Crippen LogP) is 0.706. The van der Waals surface area contributed by atoms with Crippen molar-refractivity contribution >= 4 is 17.6 Å². The standard InChI is InChI=1S/C12H16N4O2/c1-8(12(17)18)16-11-9(4-2-5-15-11)10-13-6-3-7-14-10/h2,4-5,8H,3,6-7H2,1H3,(H,13,14)(H,15,16)(H,17,18). The third kappa shape index (κ3) is 2.77. The molecule has 1 unspecified atom stereocenters. The van der Waals surface area contributed by atoms with E-state index in [9.17, 15) is 4.79 Å². The van der Waals surface area contributed by atoms with E-state index in [1.54, 1.807) is 13.1 Å². The molecule has 0 spiro atoms. The van der Waals surface area contributed by atoms with Gasteiger partial charge in [0.1, 0.15) is 17.7 Å². The molecule has 0 amide bonds. The van der Waals surface area contributed by atoms with Crippen molar-refractivity contribution in [3.05, 3.63) is 23.9 Å². The van der Waals surface area contributed by atoms with Gasteiger partial charge in [0.15, 0.2) is 0 Å². The molecule has 1 aromatic heterocycles. The quantitative estimate of drug-likeness (QED) is 0.730. The first-order valence-corrected chi connectivity index (χ1v) is 5.91. The van der Waals surface area contributed by atoms with Gasteiger partial charge in [-0.2, -0.15) is 0 Å². The Hall–Kier alpha value is -2.11. The van der Waals surface area contributed by atoms with E-state index in [-0.39, 0.29) is 0 Å². The zero-order chi connectivity index (χ0) is 13.0. The average Bonchev–Trinajstić information content (AvgIpc) is 2.40. The van der Waals surface area contributed by atoms with Crippen molar-refractivity contribution in [3.8, 4) is 0 Å². The van der Waals surface area contributed by atoms with Crippen LogP contribution in [-0.2, 0) is 4.79 Å². The SMILES string of the molecule is CC(Nc1ncccc1C1=NCCCN1)C(=O)O. The highest BCUT2D eigenvalue weighted by Crippen LogP contribution is 2.14. The van der Waals surface area contributed by atoms with Crippen LogP contribution in [0.4, 0.5) is 5.82 Å². The first-order chi connectivity index (χ1) is 8.68. The minimum absolute atomic E-state index is 0.542. The molecular formula is C12H16N4O2. The summed E-state index contributed by atoms with van der Waals surface area (Å²) in [6.07, 6.45) is 2.64. The van der Waals surface area contributed by atoms with E-state index in [1.165, 1.54) is 0 Å². The molecule has 6 nitrogen and oxygen atoms in total. The van der Waals surface area contributed by atoms with Crippen LogP contribution in [-0.4, -0.2) is 41.0 Å². The number of amidine groups is 1. The van der Waals surface area contributed by atoms with Crippen molar-refractivity contribution in [2.45, 2.75) is 19.4 Å². The van der Waals surface area contributed by atoms with E-state index in [0.29, 0.717) is 5.82 Å². The van der Waals surface area contributed by atoms with Gasteiger partial charge in [-0.15, -0.1) is 0 Å². The Balaban J connectivity index is 2.25. The first-order valence-electron chi connectivity index (χ1n) is 5.91. The molecule has 2 heterocycles. The summed E-state index contributed by atoms with van der Waals surface area (Å²) in [6.45, 7) is 3.24. The summed E-state index contributed by atoms with van der Waals surface area (Å²) in [4.78, 5) is 19.4. The second-order valence-electron chi connectivity index (χ2n) is 4.11. The van der Waals surface area contributed by atoms with E-state index >= 15 is 0 Å². The van der Waals surface area contributed by atoms with Crippen LogP contribution in [0.1, 0.15) is 18.9 Å². The Kier molecular flexibility index (Phi) is 3.76. The zero-order valence-electron chi connectivity index (χ0n) is 10.2. The van der Waals surface area contributed by atoms with Gasteiger partial charge in [0, 0.05) is 19.3 Å². The van der Waals surface area contributed by atoms with Crippen molar-refractivity contribution in [3.63, 3.8) is 0 Å². The van der Waals surface area contributed by atoms with Crippen LogP contribution in [0.15, 0.2) is 23.3 Å². The maximum atomic E-state index is 10.9. The average molecular weight is 248 g/mol. The molecule has 96 valence electrons. The van der Waals surface area contributed by atoms with Gasteiger partial charge < -0.3 is 15.7 Å². The Morgan fingerprint density at radius 2 is 2.44 bits per heavy atom. The molecule has 0 fully saturated rings. The van der Waals surface area contributed by atoms with Crippen LogP contribution in [0, 0.1) is 0 Å². The Bertz CT molecular complexity index is 473. The smallest absolute Gasteiger partial charge is 0.325 e. The lowest BCUT2D eigenvalue weighted by Gasteiger charge is -2.18. The van der Waals surface area contributed by atoms with E-state index in [4.69, 9.17) is 5.11 Å². The number of carbonyl (C=O) groups is 1. The van der Waals surface area contributed by atoms with Gasteiger partial charge in [-0.3, -0.25) is 9.79 Å². The number of aliphatic imine (C=N–C) groups is 1. The van der Waals surface area contributed by atoms with Crippen LogP contribution >= 0.6 is 0 Å². The number of nitrogens with zero attached hydrogens (tertiary/aromatic N) is 2. The van der Waals surface area contributed by atoms with Crippen LogP contribution in [0.25, 0.3) is 0 Å². The molecule has 0 aliphatic carbocycles. The highest BCUT2D eigenvalue weighted by Gasteiger charge is 2.16. The van der Waals surface area contributed by atoms with Gasteiger partial charge in [-0.05, 0) is 25.5 Å². The highest BCUT2D eigenvalue weighted by molar-refractivity contribution is 6.03. The summed E-state index contributed by atoms with van der Waals surface area (Å²) in [5, 5.41) is 15.0. The van der Waals surface area contributed by atoms with Crippen molar-refractivity contribution in [1.29, 1.82) is 0 Å². The van der Waals surface area contributed by atoms with Crippen LogP contribution < -0.4 is 10.6 Å². The summed E-state index contributed by atoms with van der Waals surface area (Å²) in [5.41, 5.74) is 0.810. The Labute approximate surface area is 105 Å². The van der Waals surface area contributed by atoms with Gasteiger partial charge in [0.05, 0.1) is 5.56 Å². The van der Waals surface area contributed by atoms with Crippen molar-refractivity contribution in [1.82, 2.24) is 10.3 Å². The molecule has 3 N–H and O–H groups in total. The molecule has 0 radical (unpaired) electrons. The van der Waals surface area contributed by atoms with Crippen molar-refractivity contribution in [2.24, 2.45) is 4.99 Å². The molecule has 1 atom stereocenters. The molecule has 2 rings (SSSR count). The fourth-order valence-corrected chi connectivity index (χ4v) is 1.69. The van der Waals surface area contributed by atoms with Crippen molar-refractivity contribution in [2.75, 3.05) is 18.4 Å². The summed E-state index contributed by atoms with van der Waals surface area (Å²) < 4.78 is 0. The summed E-state index contributed by atoms with van der Waals surface area (Å²) in [6, 6.07) is 2.99. The predicted molar refractivity (Wildman–Crippen MR) is 69.0 cm³/mol. The topological polar surface area (TPSA) is 86.6 Å². The van der Waals surface area contributed by atoms with E-state index in [1.807, 2.05) is 12.1 Å². The van der Waals surface area contributed by atoms with Gasteiger partial charge in [-0.25, -0.2) is 4.98 Å². The van der Waals surface area contributed by atoms with Crippen LogP contribution in [0.2, 0.25) is 0 Å². The molecule has 18 heavy (non-hydrogen) atoms. The first kappa shape index (κ1) is 12.3. The fourth-order valence-electron chi connectivity index (χ4n) is 1.69. The number of nitrogens with one attached hydrogen (secondary N) is 2. The molecular weight excluding hydrogens is 232 g/mol. The number of carboxylic acid groups (broad SMARTS) is 1. The molecule has 1 aromatic rings. The number of pyridine rings is 1. The summed E-state index contributed by atoms with van der Waals surface area (Å²) in [5.74, 6) is 0.403. The molecule has 0 aromatic carbocycles. The number of anilines is 1.